The van der Waals surface area contributed by atoms with E-state index >= 15 is 0 Å². The standard InChI is InChI=1S/C18H35N3/c1-16(2)8-12-20-13-9-17(10-14-20)21-11-6-5-7-18(15-21)19(3)4/h8,17-18H,5-7,9-15H2,1-4H3/t18-/m0/s1. The lowest BCUT2D eigenvalue weighted by molar-refractivity contribution is 0.0964. The molecular formula is C18H35N3. The topological polar surface area (TPSA) is 9.72 Å². The maximum absolute atomic E-state index is 2.80. The highest BCUT2D eigenvalue weighted by atomic mass is 15.2. The van der Waals surface area contributed by atoms with Crippen LogP contribution in [0.25, 0.3) is 0 Å². The predicted octanol–water partition coefficient (Wildman–Crippen LogP) is 2.83. The van der Waals surface area contributed by atoms with Crippen molar-refractivity contribution in [1.29, 1.82) is 0 Å². The zero-order valence-electron chi connectivity index (χ0n) is 14.6. The second-order valence-electron chi connectivity index (χ2n) is 7.42. The fourth-order valence-electron chi connectivity index (χ4n) is 3.68. The van der Waals surface area contributed by atoms with E-state index in [1.54, 1.807) is 0 Å². The summed E-state index contributed by atoms with van der Waals surface area (Å²) in [6, 6.07) is 1.59. The highest BCUT2D eigenvalue weighted by Gasteiger charge is 2.28. The molecule has 0 spiro atoms. The maximum atomic E-state index is 2.80. The zero-order valence-corrected chi connectivity index (χ0v) is 14.6. The average molecular weight is 293 g/mol. The Kier molecular flexibility index (Phi) is 6.72. The summed E-state index contributed by atoms with van der Waals surface area (Å²) in [6.45, 7) is 10.7. The first-order chi connectivity index (χ1) is 10.1. The molecule has 0 aromatic heterocycles. The number of likely N-dealkylation sites (N-methyl/N-ethyl adjacent to an activating group) is 1. The fraction of sp³-hybridized carbons (Fsp3) is 0.889. The number of nitrogens with zero attached hydrogens (tertiary/aromatic N) is 3. The van der Waals surface area contributed by atoms with Crippen LogP contribution in [0, 0.1) is 0 Å². The lowest BCUT2D eigenvalue weighted by Crippen LogP contribution is -2.48. The first kappa shape index (κ1) is 17.0. The van der Waals surface area contributed by atoms with Crippen LogP contribution in [0.3, 0.4) is 0 Å². The van der Waals surface area contributed by atoms with E-state index in [1.165, 1.54) is 63.9 Å². The van der Waals surface area contributed by atoms with Gasteiger partial charge in [-0.3, -0.25) is 9.80 Å². The van der Waals surface area contributed by atoms with Crippen LogP contribution >= 0.6 is 0 Å². The van der Waals surface area contributed by atoms with Gasteiger partial charge in [0.2, 0.25) is 0 Å². The summed E-state index contributed by atoms with van der Waals surface area (Å²) in [4.78, 5) is 7.85. The number of piperidine rings is 1. The maximum Gasteiger partial charge on any atom is 0.0217 e. The van der Waals surface area contributed by atoms with E-state index in [9.17, 15) is 0 Å². The predicted molar refractivity (Wildman–Crippen MR) is 91.8 cm³/mol. The van der Waals surface area contributed by atoms with Gasteiger partial charge < -0.3 is 4.90 Å². The molecule has 3 heteroatoms. The third-order valence-electron chi connectivity index (χ3n) is 5.24. The van der Waals surface area contributed by atoms with E-state index in [0.717, 1.165) is 18.6 Å². The van der Waals surface area contributed by atoms with Crippen molar-refractivity contribution >= 4 is 0 Å². The molecular weight excluding hydrogens is 258 g/mol. The number of allylic oxidation sites excluding steroid dienone is 1. The normalized spacial score (nSPS) is 26.8. The molecule has 3 nitrogen and oxygen atoms in total. The van der Waals surface area contributed by atoms with Gasteiger partial charge in [-0.05, 0) is 73.3 Å². The molecule has 0 amide bonds. The highest BCUT2D eigenvalue weighted by Crippen LogP contribution is 2.22. The molecule has 0 aliphatic carbocycles. The summed E-state index contributed by atoms with van der Waals surface area (Å²) in [5.41, 5.74) is 1.44. The Hall–Kier alpha value is -0.380. The molecule has 2 aliphatic rings. The SMILES string of the molecule is CC(C)=CCN1CCC(N2CCCC[C@H](N(C)C)C2)CC1. The first-order valence-corrected chi connectivity index (χ1v) is 8.82. The van der Waals surface area contributed by atoms with E-state index in [0.29, 0.717) is 0 Å². The summed E-state index contributed by atoms with van der Waals surface area (Å²) < 4.78 is 0. The molecule has 21 heavy (non-hydrogen) atoms. The fourth-order valence-corrected chi connectivity index (χ4v) is 3.68. The minimum Gasteiger partial charge on any atom is -0.305 e. The van der Waals surface area contributed by atoms with E-state index in [4.69, 9.17) is 0 Å². The molecule has 0 unspecified atom stereocenters. The molecule has 0 aromatic rings. The average Bonchev–Trinajstić information content (AvgIpc) is 2.71. The summed E-state index contributed by atoms with van der Waals surface area (Å²) >= 11 is 0. The van der Waals surface area contributed by atoms with Crippen molar-refractivity contribution < 1.29 is 0 Å². The molecule has 0 aromatic carbocycles. The van der Waals surface area contributed by atoms with Crippen LogP contribution < -0.4 is 0 Å². The van der Waals surface area contributed by atoms with Crippen molar-refractivity contribution in [2.24, 2.45) is 0 Å². The smallest absolute Gasteiger partial charge is 0.0217 e. The van der Waals surface area contributed by atoms with Gasteiger partial charge in [0.1, 0.15) is 0 Å². The molecule has 2 rings (SSSR count). The second kappa shape index (κ2) is 8.30. The quantitative estimate of drug-likeness (QED) is 0.738. The largest absolute Gasteiger partial charge is 0.305 e. The highest BCUT2D eigenvalue weighted by molar-refractivity contribution is 4.96. The Morgan fingerprint density at radius 2 is 1.76 bits per heavy atom. The van der Waals surface area contributed by atoms with Crippen molar-refractivity contribution in [3.63, 3.8) is 0 Å². The Labute approximate surface area is 132 Å². The lowest BCUT2D eigenvalue weighted by Gasteiger charge is -2.39. The monoisotopic (exact) mass is 293 g/mol. The summed E-state index contributed by atoms with van der Waals surface area (Å²) in [5, 5.41) is 0. The van der Waals surface area contributed by atoms with Gasteiger partial charge in [-0.1, -0.05) is 18.1 Å². The van der Waals surface area contributed by atoms with Crippen molar-refractivity contribution in [3.8, 4) is 0 Å². The molecule has 2 aliphatic heterocycles. The molecule has 0 bridgehead atoms. The molecule has 122 valence electrons. The van der Waals surface area contributed by atoms with Gasteiger partial charge >= 0.3 is 0 Å². The number of hydrogen-bond acceptors (Lipinski definition) is 3. The van der Waals surface area contributed by atoms with Crippen molar-refractivity contribution in [2.45, 2.75) is 58.0 Å². The number of likely N-dealkylation sites (tertiary alicyclic amines) is 2. The number of rotatable bonds is 4. The first-order valence-electron chi connectivity index (χ1n) is 8.82. The van der Waals surface area contributed by atoms with Gasteiger partial charge in [-0.2, -0.15) is 0 Å². The molecule has 2 fully saturated rings. The Morgan fingerprint density at radius 1 is 1.05 bits per heavy atom. The zero-order chi connectivity index (χ0) is 15.2. The van der Waals surface area contributed by atoms with E-state index in [2.05, 4.69) is 48.7 Å². The van der Waals surface area contributed by atoms with Gasteiger partial charge in [-0.25, -0.2) is 0 Å². The van der Waals surface area contributed by atoms with Crippen LogP contribution in [0.5, 0.6) is 0 Å². The minimum atomic E-state index is 0.760. The van der Waals surface area contributed by atoms with Crippen LogP contribution in [-0.2, 0) is 0 Å². The van der Waals surface area contributed by atoms with Gasteiger partial charge in [0.05, 0.1) is 0 Å². The Morgan fingerprint density at radius 3 is 2.38 bits per heavy atom. The van der Waals surface area contributed by atoms with Gasteiger partial charge in [0.15, 0.2) is 0 Å². The van der Waals surface area contributed by atoms with Crippen LogP contribution in [0.1, 0.15) is 46.0 Å². The summed E-state index contributed by atoms with van der Waals surface area (Å²) in [7, 11) is 4.49. The molecule has 2 saturated heterocycles. The molecule has 1 atom stereocenters. The van der Waals surface area contributed by atoms with Gasteiger partial charge in [0.25, 0.3) is 0 Å². The molecule has 0 radical (unpaired) electrons. The third-order valence-corrected chi connectivity index (χ3v) is 5.24. The Bertz CT molecular complexity index is 325. The molecule has 0 N–H and O–H groups in total. The summed E-state index contributed by atoms with van der Waals surface area (Å²) in [5.74, 6) is 0. The van der Waals surface area contributed by atoms with E-state index in [1.807, 2.05) is 0 Å². The third kappa shape index (κ3) is 5.39. The van der Waals surface area contributed by atoms with Gasteiger partial charge in [-0.15, -0.1) is 0 Å². The second-order valence-corrected chi connectivity index (χ2v) is 7.42. The van der Waals surface area contributed by atoms with Crippen molar-refractivity contribution in [3.05, 3.63) is 11.6 Å². The van der Waals surface area contributed by atoms with Crippen LogP contribution in [0.4, 0.5) is 0 Å². The van der Waals surface area contributed by atoms with Crippen LogP contribution in [0.15, 0.2) is 11.6 Å². The minimum absolute atomic E-state index is 0.760. The lowest BCUT2D eigenvalue weighted by atomic mass is 10.0. The Balaban J connectivity index is 1.81. The summed E-state index contributed by atoms with van der Waals surface area (Å²) in [6.07, 6.45) is 9.26. The van der Waals surface area contributed by atoms with E-state index in [-0.39, 0.29) is 0 Å². The molecule has 0 saturated carbocycles. The van der Waals surface area contributed by atoms with Crippen molar-refractivity contribution in [1.82, 2.24) is 14.7 Å². The van der Waals surface area contributed by atoms with Gasteiger partial charge in [0, 0.05) is 25.2 Å². The van der Waals surface area contributed by atoms with Crippen LogP contribution in [-0.4, -0.2) is 73.6 Å². The molecule has 2 heterocycles. The number of hydrogen-bond donors (Lipinski definition) is 0. The van der Waals surface area contributed by atoms with E-state index < -0.39 is 0 Å². The van der Waals surface area contributed by atoms with Crippen LogP contribution in [0.2, 0.25) is 0 Å². The van der Waals surface area contributed by atoms with Crippen molar-refractivity contribution in [2.75, 3.05) is 46.8 Å².